The molecule has 102 valence electrons. The molecule has 0 aromatic heterocycles. The molecule has 0 aliphatic heterocycles. The zero-order valence-corrected chi connectivity index (χ0v) is 10.5. The summed E-state index contributed by atoms with van der Waals surface area (Å²) in [6, 6.07) is 3.42. The topological polar surface area (TPSA) is 30.5 Å². The SMILES string of the molecule is COc1cc(C)c(CNCC(F)(F)F)cc1OC. The van der Waals surface area contributed by atoms with Crippen LogP contribution in [0.4, 0.5) is 13.2 Å². The minimum Gasteiger partial charge on any atom is -0.493 e. The Morgan fingerprint density at radius 3 is 2.17 bits per heavy atom. The van der Waals surface area contributed by atoms with Crippen molar-refractivity contribution in [3.8, 4) is 11.5 Å². The molecule has 0 aliphatic carbocycles. The van der Waals surface area contributed by atoms with Crippen LogP contribution in [0.15, 0.2) is 12.1 Å². The second-order valence-corrected chi connectivity index (χ2v) is 3.85. The van der Waals surface area contributed by atoms with Gasteiger partial charge in [-0.05, 0) is 30.2 Å². The van der Waals surface area contributed by atoms with E-state index in [0.29, 0.717) is 11.5 Å². The number of nitrogens with one attached hydrogen (secondary N) is 1. The first kappa shape index (κ1) is 14.6. The Morgan fingerprint density at radius 2 is 1.67 bits per heavy atom. The molecule has 0 bridgehead atoms. The molecule has 3 nitrogen and oxygen atoms in total. The van der Waals surface area contributed by atoms with Crippen LogP contribution in [0.25, 0.3) is 0 Å². The maximum Gasteiger partial charge on any atom is 0.401 e. The van der Waals surface area contributed by atoms with E-state index in [9.17, 15) is 13.2 Å². The van der Waals surface area contributed by atoms with Crippen molar-refractivity contribution < 1.29 is 22.6 Å². The van der Waals surface area contributed by atoms with E-state index in [0.717, 1.165) is 11.1 Å². The predicted octanol–water partition coefficient (Wildman–Crippen LogP) is 2.66. The highest BCUT2D eigenvalue weighted by Gasteiger charge is 2.26. The smallest absolute Gasteiger partial charge is 0.401 e. The number of alkyl halides is 3. The lowest BCUT2D eigenvalue weighted by Crippen LogP contribution is -2.28. The summed E-state index contributed by atoms with van der Waals surface area (Å²) in [4.78, 5) is 0. The van der Waals surface area contributed by atoms with E-state index in [1.54, 1.807) is 12.1 Å². The fraction of sp³-hybridized carbons (Fsp3) is 0.500. The first-order chi connectivity index (χ1) is 8.37. The van der Waals surface area contributed by atoms with Crippen molar-refractivity contribution in [1.29, 1.82) is 0 Å². The molecule has 0 fully saturated rings. The van der Waals surface area contributed by atoms with Crippen molar-refractivity contribution in [2.24, 2.45) is 0 Å². The van der Waals surface area contributed by atoms with Gasteiger partial charge in [-0.2, -0.15) is 13.2 Å². The van der Waals surface area contributed by atoms with Crippen LogP contribution in [0.5, 0.6) is 11.5 Å². The first-order valence-corrected chi connectivity index (χ1v) is 5.36. The highest BCUT2D eigenvalue weighted by atomic mass is 19.4. The summed E-state index contributed by atoms with van der Waals surface area (Å²) in [6.07, 6.45) is -4.20. The third-order valence-corrected chi connectivity index (χ3v) is 2.48. The number of rotatable bonds is 5. The quantitative estimate of drug-likeness (QED) is 0.886. The third kappa shape index (κ3) is 4.10. The van der Waals surface area contributed by atoms with E-state index < -0.39 is 12.7 Å². The monoisotopic (exact) mass is 263 g/mol. The van der Waals surface area contributed by atoms with E-state index >= 15 is 0 Å². The molecular weight excluding hydrogens is 247 g/mol. The molecule has 1 N–H and O–H groups in total. The maximum atomic E-state index is 12.0. The van der Waals surface area contributed by atoms with Crippen molar-refractivity contribution in [3.63, 3.8) is 0 Å². The Balaban J connectivity index is 2.77. The number of halogens is 3. The van der Waals surface area contributed by atoms with Gasteiger partial charge in [0, 0.05) is 6.54 Å². The lowest BCUT2D eigenvalue weighted by atomic mass is 10.1. The van der Waals surface area contributed by atoms with Crippen LogP contribution in [0.2, 0.25) is 0 Å². The van der Waals surface area contributed by atoms with Crippen molar-refractivity contribution >= 4 is 0 Å². The number of aryl methyl sites for hydroxylation is 1. The van der Waals surface area contributed by atoms with Gasteiger partial charge in [0.2, 0.25) is 0 Å². The lowest BCUT2D eigenvalue weighted by Gasteiger charge is -2.14. The predicted molar refractivity (Wildman–Crippen MR) is 62.0 cm³/mol. The number of hydrogen-bond donors (Lipinski definition) is 1. The molecule has 18 heavy (non-hydrogen) atoms. The second-order valence-electron chi connectivity index (χ2n) is 3.85. The maximum absolute atomic E-state index is 12.0. The minimum absolute atomic E-state index is 0.131. The van der Waals surface area contributed by atoms with Crippen molar-refractivity contribution in [3.05, 3.63) is 23.3 Å². The van der Waals surface area contributed by atoms with Gasteiger partial charge in [-0.15, -0.1) is 0 Å². The largest absolute Gasteiger partial charge is 0.493 e. The summed E-state index contributed by atoms with van der Waals surface area (Å²) < 4.78 is 46.3. The third-order valence-electron chi connectivity index (χ3n) is 2.48. The Kier molecular flexibility index (Phi) is 4.84. The Labute approximate surface area is 104 Å². The molecule has 0 saturated heterocycles. The van der Waals surface area contributed by atoms with Crippen LogP contribution in [0, 0.1) is 6.92 Å². The Hall–Kier alpha value is -1.43. The van der Waals surface area contributed by atoms with Crippen LogP contribution < -0.4 is 14.8 Å². The van der Waals surface area contributed by atoms with E-state index in [-0.39, 0.29) is 6.54 Å². The Bertz CT molecular complexity index is 405. The van der Waals surface area contributed by atoms with Gasteiger partial charge < -0.3 is 14.8 Å². The summed E-state index contributed by atoms with van der Waals surface area (Å²) in [7, 11) is 3.00. The summed E-state index contributed by atoms with van der Waals surface area (Å²) >= 11 is 0. The molecule has 0 radical (unpaired) electrons. The van der Waals surface area contributed by atoms with Crippen LogP contribution in [-0.2, 0) is 6.54 Å². The van der Waals surface area contributed by atoms with Crippen LogP contribution in [0.3, 0.4) is 0 Å². The van der Waals surface area contributed by atoms with Crippen LogP contribution in [0.1, 0.15) is 11.1 Å². The van der Waals surface area contributed by atoms with E-state index in [1.807, 2.05) is 6.92 Å². The average Bonchev–Trinajstić information content (AvgIpc) is 2.29. The van der Waals surface area contributed by atoms with Gasteiger partial charge in [0.15, 0.2) is 11.5 Å². The summed E-state index contributed by atoms with van der Waals surface area (Å²) in [6.45, 7) is 0.930. The molecule has 6 heteroatoms. The van der Waals surface area contributed by atoms with Gasteiger partial charge in [-0.25, -0.2) is 0 Å². The molecule has 0 saturated carbocycles. The van der Waals surface area contributed by atoms with Gasteiger partial charge in [-0.1, -0.05) is 0 Å². The normalized spacial score (nSPS) is 11.4. The molecular formula is C12H16F3NO2. The molecule has 0 heterocycles. The van der Waals surface area contributed by atoms with E-state index in [1.165, 1.54) is 14.2 Å². The Morgan fingerprint density at radius 1 is 1.11 bits per heavy atom. The molecule has 1 aromatic rings. The van der Waals surface area contributed by atoms with Crippen LogP contribution >= 0.6 is 0 Å². The van der Waals surface area contributed by atoms with Gasteiger partial charge in [0.05, 0.1) is 20.8 Å². The fourth-order valence-corrected chi connectivity index (χ4v) is 1.55. The van der Waals surface area contributed by atoms with E-state index in [2.05, 4.69) is 5.32 Å². The number of benzene rings is 1. The molecule has 0 atom stereocenters. The standard InChI is InChI=1S/C12H16F3NO2/c1-8-4-10(17-2)11(18-3)5-9(8)6-16-7-12(13,14)15/h4-5,16H,6-7H2,1-3H3. The summed E-state index contributed by atoms with van der Waals surface area (Å²) in [5, 5.41) is 2.35. The lowest BCUT2D eigenvalue weighted by molar-refractivity contribution is -0.125. The number of ether oxygens (including phenoxy) is 2. The molecule has 0 unspecified atom stereocenters. The average molecular weight is 263 g/mol. The summed E-state index contributed by atoms with van der Waals surface area (Å²) in [5.74, 6) is 1.07. The zero-order chi connectivity index (χ0) is 13.8. The molecule has 1 aromatic carbocycles. The second kappa shape index (κ2) is 5.95. The van der Waals surface area contributed by atoms with Crippen molar-refractivity contribution in [2.45, 2.75) is 19.6 Å². The first-order valence-electron chi connectivity index (χ1n) is 5.36. The fourth-order valence-electron chi connectivity index (χ4n) is 1.55. The van der Waals surface area contributed by atoms with Crippen LogP contribution in [-0.4, -0.2) is 26.9 Å². The van der Waals surface area contributed by atoms with Crippen molar-refractivity contribution in [2.75, 3.05) is 20.8 Å². The van der Waals surface area contributed by atoms with Gasteiger partial charge in [0.1, 0.15) is 0 Å². The van der Waals surface area contributed by atoms with E-state index in [4.69, 9.17) is 9.47 Å². The van der Waals surface area contributed by atoms with Gasteiger partial charge in [0.25, 0.3) is 0 Å². The van der Waals surface area contributed by atoms with Crippen molar-refractivity contribution in [1.82, 2.24) is 5.32 Å². The van der Waals surface area contributed by atoms with Gasteiger partial charge >= 0.3 is 6.18 Å². The zero-order valence-electron chi connectivity index (χ0n) is 10.5. The molecule has 0 spiro atoms. The molecule has 0 aliphatic rings. The number of hydrogen-bond acceptors (Lipinski definition) is 3. The van der Waals surface area contributed by atoms with Gasteiger partial charge in [-0.3, -0.25) is 0 Å². The summed E-state index contributed by atoms with van der Waals surface area (Å²) in [5.41, 5.74) is 1.60. The highest BCUT2D eigenvalue weighted by molar-refractivity contribution is 5.46. The minimum atomic E-state index is -4.20. The molecule has 0 amide bonds. The number of methoxy groups -OCH3 is 2. The molecule has 1 rings (SSSR count). The highest BCUT2D eigenvalue weighted by Crippen LogP contribution is 2.30.